The van der Waals surface area contributed by atoms with Crippen LogP contribution in [0.25, 0.3) is 101 Å². The van der Waals surface area contributed by atoms with Crippen molar-refractivity contribution in [1.29, 1.82) is 0 Å². The highest BCUT2D eigenvalue weighted by Crippen LogP contribution is 2.41. The zero-order chi connectivity index (χ0) is 37.3. The van der Waals surface area contributed by atoms with Gasteiger partial charge in [-0.2, -0.15) is 0 Å². The highest BCUT2D eigenvalue weighted by atomic mass is 15.0. The van der Waals surface area contributed by atoms with Crippen molar-refractivity contribution in [3.63, 3.8) is 0 Å². The van der Waals surface area contributed by atoms with Gasteiger partial charge in [0.05, 0.1) is 11.4 Å². The number of rotatable bonds is 7. The van der Waals surface area contributed by atoms with Crippen molar-refractivity contribution >= 4 is 21.5 Å². The van der Waals surface area contributed by atoms with E-state index < -0.39 is 0 Å². The van der Waals surface area contributed by atoms with E-state index in [-0.39, 0.29) is 0 Å². The molecule has 0 fully saturated rings. The van der Waals surface area contributed by atoms with E-state index >= 15 is 0 Å². The maximum atomic E-state index is 5.17. The Kier molecular flexibility index (Phi) is 8.43. The van der Waals surface area contributed by atoms with Gasteiger partial charge in [0.25, 0.3) is 0 Å². The molecule has 0 unspecified atom stereocenters. The van der Waals surface area contributed by atoms with Crippen LogP contribution in [0, 0.1) is 0 Å². The van der Waals surface area contributed by atoms with Gasteiger partial charge in [0, 0.05) is 33.4 Å². The van der Waals surface area contributed by atoms with Crippen LogP contribution in [-0.4, -0.2) is 24.9 Å². The van der Waals surface area contributed by atoms with E-state index in [1.807, 2.05) is 97.1 Å². The molecule has 0 N–H and O–H groups in total. The van der Waals surface area contributed by atoms with E-state index in [1.165, 1.54) is 0 Å². The molecule has 0 radical (unpaired) electrons. The molecule has 0 aliphatic carbocycles. The molecule has 0 aliphatic heterocycles. The summed E-state index contributed by atoms with van der Waals surface area (Å²) in [5.41, 5.74) is 9.93. The SMILES string of the molecule is c1ccc(-c2cc(-c3ccc(-c4ccc(-c5nc(-c6ccccc6)nc(-c6ccccc6)n5)c5ccccc45)c4ccccc34)nc(-c3ccccc3)n2)cc1. The standard InChI is InChI=1S/C51H33N5/c1-5-17-34(18-6-1)46-33-47(53-48(52-46)35-19-7-2-8-20-35)44-31-29-42(38-25-13-15-27-40(38)44)43-30-32-45(41-28-16-14-26-39(41)43)51-55-49(36-21-9-3-10-22-36)54-50(56-51)37-23-11-4-12-24-37/h1-33H. The second kappa shape index (κ2) is 14.3. The molecule has 2 aromatic heterocycles. The minimum absolute atomic E-state index is 0.632. The molecule has 262 valence electrons. The van der Waals surface area contributed by atoms with Crippen LogP contribution in [0.5, 0.6) is 0 Å². The number of nitrogens with zero attached hydrogens (tertiary/aromatic N) is 5. The van der Waals surface area contributed by atoms with Crippen LogP contribution >= 0.6 is 0 Å². The summed E-state index contributed by atoms with van der Waals surface area (Å²) in [6.45, 7) is 0. The van der Waals surface area contributed by atoms with Gasteiger partial charge >= 0.3 is 0 Å². The fourth-order valence-electron chi connectivity index (χ4n) is 7.47. The second-order valence-electron chi connectivity index (χ2n) is 13.6. The van der Waals surface area contributed by atoms with Crippen molar-refractivity contribution in [2.75, 3.05) is 0 Å². The third-order valence-electron chi connectivity index (χ3n) is 10.2. The first kappa shape index (κ1) is 33.0. The summed E-state index contributed by atoms with van der Waals surface area (Å²) in [6.07, 6.45) is 0. The Labute approximate surface area is 324 Å². The predicted molar refractivity (Wildman–Crippen MR) is 228 cm³/mol. The smallest absolute Gasteiger partial charge is 0.164 e. The lowest BCUT2D eigenvalue weighted by atomic mass is 9.89. The molecule has 10 aromatic rings. The molecule has 5 heteroatoms. The monoisotopic (exact) mass is 715 g/mol. The van der Waals surface area contributed by atoms with Crippen molar-refractivity contribution in [2.45, 2.75) is 0 Å². The Morgan fingerprint density at radius 2 is 0.536 bits per heavy atom. The lowest BCUT2D eigenvalue weighted by Gasteiger charge is -2.16. The van der Waals surface area contributed by atoms with Gasteiger partial charge in [-0.15, -0.1) is 0 Å². The van der Waals surface area contributed by atoms with Crippen LogP contribution in [0.4, 0.5) is 0 Å². The third-order valence-corrected chi connectivity index (χ3v) is 10.2. The summed E-state index contributed by atoms with van der Waals surface area (Å²) in [6, 6.07) is 68.8. The zero-order valence-electron chi connectivity index (χ0n) is 30.3. The fourth-order valence-corrected chi connectivity index (χ4v) is 7.47. The highest BCUT2D eigenvalue weighted by molar-refractivity contribution is 6.11. The summed E-state index contributed by atoms with van der Waals surface area (Å²) >= 11 is 0. The fraction of sp³-hybridized carbons (Fsp3) is 0. The maximum absolute atomic E-state index is 5.17. The Morgan fingerprint density at radius 3 is 1.02 bits per heavy atom. The minimum Gasteiger partial charge on any atom is -0.228 e. The van der Waals surface area contributed by atoms with Crippen LogP contribution in [-0.2, 0) is 0 Å². The molecule has 0 atom stereocenters. The number of fused-ring (bicyclic) bond motifs is 2. The molecule has 0 saturated carbocycles. The molecular formula is C51H33N5. The summed E-state index contributed by atoms with van der Waals surface area (Å²) in [5.74, 6) is 2.60. The number of aromatic nitrogens is 5. The van der Waals surface area contributed by atoms with Crippen molar-refractivity contribution in [1.82, 2.24) is 24.9 Å². The average molecular weight is 716 g/mol. The van der Waals surface area contributed by atoms with Crippen LogP contribution < -0.4 is 0 Å². The molecule has 0 amide bonds. The second-order valence-corrected chi connectivity index (χ2v) is 13.6. The van der Waals surface area contributed by atoms with E-state index in [0.717, 1.165) is 77.4 Å². The van der Waals surface area contributed by atoms with Gasteiger partial charge in [-0.3, -0.25) is 0 Å². The van der Waals surface area contributed by atoms with Gasteiger partial charge in [-0.1, -0.05) is 188 Å². The molecule has 8 aromatic carbocycles. The Balaban J connectivity index is 1.14. The van der Waals surface area contributed by atoms with E-state index in [0.29, 0.717) is 23.3 Å². The zero-order valence-corrected chi connectivity index (χ0v) is 30.3. The Hall–Kier alpha value is -7.63. The quantitative estimate of drug-likeness (QED) is 0.164. The summed E-state index contributed by atoms with van der Waals surface area (Å²) in [7, 11) is 0. The molecule has 2 heterocycles. The topological polar surface area (TPSA) is 64.5 Å². The van der Waals surface area contributed by atoms with Gasteiger partial charge in [0.15, 0.2) is 23.3 Å². The van der Waals surface area contributed by atoms with Crippen molar-refractivity contribution in [3.05, 3.63) is 200 Å². The van der Waals surface area contributed by atoms with Crippen LogP contribution in [0.1, 0.15) is 0 Å². The lowest BCUT2D eigenvalue weighted by Crippen LogP contribution is -2.00. The molecule has 56 heavy (non-hydrogen) atoms. The Bertz CT molecular complexity index is 2680. The molecular weight excluding hydrogens is 683 g/mol. The first-order chi connectivity index (χ1) is 27.8. The number of hydrogen-bond acceptors (Lipinski definition) is 5. The highest BCUT2D eigenvalue weighted by Gasteiger charge is 2.19. The van der Waals surface area contributed by atoms with Gasteiger partial charge in [-0.05, 0) is 44.8 Å². The van der Waals surface area contributed by atoms with E-state index in [2.05, 4.69) is 103 Å². The number of hydrogen-bond donors (Lipinski definition) is 0. The normalized spacial score (nSPS) is 11.2. The van der Waals surface area contributed by atoms with E-state index in [9.17, 15) is 0 Å². The van der Waals surface area contributed by atoms with Gasteiger partial charge < -0.3 is 0 Å². The van der Waals surface area contributed by atoms with Crippen LogP contribution in [0.3, 0.4) is 0 Å². The lowest BCUT2D eigenvalue weighted by molar-refractivity contribution is 1.08. The molecule has 5 nitrogen and oxygen atoms in total. The molecule has 10 rings (SSSR count). The Morgan fingerprint density at radius 1 is 0.214 bits per heavy atom. The van der Waals surface area contributed by atoms with Gasteiger partial charge in [-0.25, -0.2) is 24.9 Å². The average Bonchev–Trinajstić information content (AvgIpc) is 3.29. The summed E-state index contributed by atoms with van der Waals surface area (Å²) in [4.78, 5) is 25.3. The van der Waals surface area contributed by atoms with Crippen molar-refractivity contribution in [3.8, 4) is 79.2 Å². The van der Waals surface area contributed by atoms with E-state index in [4.69, 9.17) is 24.9 Å². The van der Waals surface area contributed by atoms with Crippen molar-refractivity contribution < 1.29 is 0 Å². The third kappa shape index (κ3) is 6.17. The molecule has 0 bridgehead atoms. The van der Waals surface area contributed by atoms with Gasteiger partial charge in [0.1, 0.15) is 0 Å². The number of benzene rings is 8. The summed E-state index contributed by atoms with van der Waals surface area (Å²) < 4.78 is 0. The predicted octanol–water partition coefficient (Wildman–Crippen LogP) is 12.6. The molecule has 0 saturated heterocycles. The summed E-state index contributed by atoms with van der Waals surface area (Å²) in [5, 5.41) is 4.44. The van der Waals surface area contributed by atoms with Crippen LogP contribution in [0.15, 0.2) is 200 Å². The largest absolute Gasteiger partial charge is 0.228 e. The van der Waals surface area contributed by atoms with Crippen LogP contribution in [0.2, 0.25) is 0 Å². The minimum atomic E-state index is 0.632. The molecule has 0 aliphatic rings. The first-order valence-electron chi connectivity index (χ1n) is 18.7. The van der Waals surface area contributed by atoms with Crippen molar-refractivity contribution in [2.24, 2.45) is 0 Å². The van der Waals surface area contributed by atoms with Gasteiger partial charge in [0.2, 0.25) is 0 Å². The van der Waals surface area contributed by atoms with E-state index in [1.54, 1.807) is 0 Å². The maximum Gasteiger partial charge on any atom is 0.164 e. The molecule has 0 spiro atoms. The first-order valence-corrected chi connectivity index (χ1v) is 18.7.